The van der Waals surface area contributed by atoms with Crippen molar-refractivity contribution in [1.29, 1.82) is 0 Å². The monoisotopic (exact) mass is 353 g/mol. The van der Waals surface area contributed by atoms with Crippen molar-refractivity contribution in [2.45, 2.75) is 30.4 Å². The fourth-order valence-electron chi connectivity index (χ4n) is 2.03. The van der Waals surface area contributed by atoms with Crippen molar-refractivity contribution in [2.75, 3.05) is 12.4 Å². The van der Waals surface area contributed by atoms with E-state index in [1.54, 1.807) is 11.3 Å². The molecule has 0 bridgehead atoms. The number of hydrogen-bond acceptors (Lipinski definition) is 8. The number of thioether (sulfide) groups is 1. The Labute approximate surface area is 139 Å². The van der Waals surface area contributed by atoms with E-state index in [9.17, 15) is 4.79 Å². The zero-order chi connectivity index (χ0) is 15.9. The van der Waals surface area contributed by atoms with Gasteiger partial charge in [0.2, 0.25) is 5.13 Å². The summed E-state index contributed by atoms with van der Waals surface area (Å²) >= 11 is 4.58. The van der Waals surface area contributed by atoms with E-state index in [0.29, 0.717) is 11.2 Å². The Hall–Kier alpha value is -1.45. The molecule has 6 nitrogen and oxygen atoms in total. The molecule has 3 rings (SSSR count). The minimum atomic E-state index is -0.0672. The van der Waals surface area contributed by atoms with Crippen molar-refractivity contribution in [1.82, 2.24) is 20.2 Å². The summed E-state index contributed by atoms with van der Waals surface area (Å²) in [5.41, 5.74) is 0.950. The molecule has 3 heterocycles. The van der Waals surface area contributed by atoms with Gasteiger partial charge in [-0.05, 0) is 26.3 Å². The number of fused-ring (bicyclic) bond motifs is 1. The Kier molecular flexibility index (Phi) is 4.20. The number of aromatic amines is 1. The zero-order valence-electron chi connectivity index (χ0n) is 12.6. The molecule has 0 saturated carbocycles. The van der Waals surface area contributed by atoms with Crippen molar-refractivity contribution in [3.63, 3.8) is 0 Å². The van der Waals surface area contributed by atoms with Gasteiger partial charge in [0, 0.05) is 11.9 Å². The van der Waals surface area contributed by atoms with E-state index in [1.165, 1.54) is 23.1 Å². The molecule has 0 fully saturated rings. The first kappa shape index (κ1) is 15.4. The van der Waals surface area contributed by atoms with Gasteiger partial charge in [0.05, 0.1) is 10.6 Å². The highest BCUT2D eigenvalue weighted by molar-refractivity contribution is 8.01. The predicted molar refractivity (Wildman–Crippen MR) is 93.4 cm³/mol. The molecule has 0 unspecified atom stereocenters. The molecule has 0 aliphatic carbocycles. The molecule has 0 aliphatic rings. The molecule has 22 heavy (non-hydrogen) atoms. The van der Waals surface area contributed by atoms with E-state index in [-0.39, 0.29) is 10.8 Å². The standard InChI is InChI=1S/C13H15N5OS3/c1-5-6(2)20-11-8(5)10(19)15-9(16-11)7(3)21-13-18-17-12(14-4)22-13/h7H,1-4H3,(H,14,17)(H,15,16,19)/t7-/m0/s1. The molecule has 1 atom stereocenters. The summed E-state index contributed by atoms with van der Waals surface area (Å²) in [6.45, 7) is 5.98. The maximum absolute atomic E-state index is 12.3. The number of thiophene rings is 1. The normalized spacial score (nSPS) is 12.7. The van der Waals surface area contributed by atoms with Crippen molar-refractivity contribution < 1.29 is 0 Å². The Bertz CT molecular complexity index is 882. The van der Waals surface area contributed by atoms with Crippen LogP contribution in [0.4, 0.5) is 5.13 Å². The van der Waals surface area contributed by atoms with Crippen molar-refractivity contribution in [3.05, 3.63) is 26.6 Å². The molecule has 0 saturated heterocycles. The Morgan fingerprint density at radius 1 is 1.27 bits per heavy atom. The maximum atomic E-state index is 12.3. The average molecular weight is 353 g/mol. The summed E-state index contributed by atoms with van der Waals surface area (Å²) in [6, 6.07) is 0. The summed E-state index contributed by atoms with van der Waals surface area (Å²) in [5, 5.41) is 12.6. The van der Waals surface area contributed by atoms with E-state index in [4.69, 9.17) is 0 Å². The van der Waals surface area contributed by atoms with Crippen LogP contribution in [-0.2, 0) is 0 Å². The Balaban J connectivity index is 1.93. The van der Waals surface area contributed by atoms with Gasteiger partial charge in [-0.25, -0.2) is 4.98 Å². The number of H-pyrrole nitrogens is 1. The van der Waals surface area contributed by atoms with Crippen molar-refractivity contribution in [2.24, 2.45) is 0 Å². The molecule has 0 radical (unpaired) electrons. The van der Waals surface area contributed by atoms with Crippen LogP contribution in [0.2, 0.25) is 0 Å². The number of hydrogen-bond donors (Lipinski definition) is 2. The zero-order valence-corrected chi connectivity index (χ0v) is 15.0. The fourth-order valence-corrected chi connectivity index (χ4v) is 4.97. The van der Waals surface area contributed by atoms with Crippen LogP contribution in [0, 0.1) is 13.8 Å². The molecule has 9 heteroatoms. The third-order valence-electron chi connectivity index (χ3n) is 3.34. The number of anilines is 1. The second-order valence-electron chi connectivity index (χ2n) is 4.80. The lowest BCUT2D eigenvalue weighted by Gasteiger charge is -2.07. The van der Waals surface area contributed by atoms with Crippen molar-refractivity contribution in [3.8, 4) is 0 Å². The van der Waals surface area contributed by atoms with Gasteiger partial charge < -0.3 is 10.3 Å². The van der Waals surface area contributed by atoms with Gasteiger partial charge in [-0.1, -0.05) is 23.1 Å². The highest BCUT2D eigenvalue weighted by atomic mass is 32.2. The van der Waals surface area contributed by atoms with Crippen LogP contribution in [0.15, 0.2) is 9.13 Å². The SMILES string of the molecule is CNc1nnc(S[C@@H](C)c2nc3sc(C)c(C)c3c(=O)[nH]2)s1. The number of nitrogens with one attached hydrogen (secondary N) is 2. The molecular formula is C13H15N5OS3. The highest BCUT2D eigenvalue weighted by Gasteiger charge is 2.17. The van der Waals surface area contributed by atoms with E-state index in [2.05, 4.69) is 25.5 Å². The first-order valence-corrected chi connectivity index (χ1v) is 9.18. The smallest absolute Gasteiger partial charge is 0.259 e. The molecule has 116 valence electrons. The lowest BCUT2D eigenvalue weighted by Crippen LogP contribution is -2.12. The number of nitrogens with zero attached hydrogens (tertiary/aromatic N) is 3. The van der Waals surface area contributed by atoms with Crippen molar-refractivity contribution >= 4 is 49.8 Å². The van der Waals surface area contributed by atoms with Gasteiger partial charge in [0.25, 0.3) is 5.56 Å². The highest BCUT2D eigenvalue weighted by Crippen LogP contribution is 2.36. The van der Waals surface area contributed by atoms with Gasteiger partial charge in [-0.2, -0.15) is 0 Å². The predicted octanol–water partition coefficient (Wildman–Crippen LogP) is 3.35. The maximum Gasteiger partial charge on any atom is 0.259 e. The number of rotatable bonds is 4. The third kappa shape index (κ3) is 2.75. The first-order chi connectivity index (χ1) is 10.5. The summed E-state index contributed by atoms with van der Waals surface area (Å²) in [7, 11) is 1.81. The van der Waals surface area contributed by atoms with Gasteiger partial charge in [-0.3, -0.25) is 4.79 Å². The van der Waals surface area contributed by atoms with E-state index >= 15 is 0 Å². The molecular weight excluding hydrogens is 338 g/mol. The minimum Gasteiger partial charge on any atom is -0.363 e. The van der Waals surface area contributed by atoms with E-state index in [1.807, 2.05) is 27.8 Å². The van der Waals surface area contributed by atoms with Gasteiger partial charge in [-0.15, -0.1) is 21.5 Å². The van der Waals surface area contributed by atoms with Gasteiger partial charge in [0.1, 0.15) is 10.7 Å². The molecule has 0 aromatic carbocycles. The van der Waals surface area contributed by atoms with Crippen LogP contribution in [0.5, 0.6) is 0 Å². The van der Waals surface area contributed by atoms with Crippen LogP contribution in [0.25, 0.3) is 10.2 Å². The molecule has 2 N–H and O–H groups in total. The number of aryl methyl sites for hydroxylation is 2. The topological polar surface area (TPSA) is 83.6 Å². The van der Waals surface area contributed by atoms with E-state index in [0.717, 1.165) is 24.7 Å². The van der Waals surface area contributed by atoms with Gasteiger partial charge >= 0.3 is 0 Å². The molecule has 0 amide bonds. The summed E-state index contributed by atoms with van der Waals surface area (Å²) in [5.74, 6) is 0.671. The number of aromatic nitrogens is 4. The average Bonchev–Trinajstić information content (AvgIpc) is 3.04. The second kappa shape index (κ2) is 5.98. The molecule has 3 aromatic heterocycles. The van der Waals surface area contributed by atoms with Crippen LogP contribution < -0.4 is 10.9 Å². The lowest BCUT2D eigenvalue weighted by atomic mass is 10.2. The van der Waals surface area contributed by atoms with Crippen LogP contribution in [-0.4, -0.2) is 27.2 Å². The third-order valence-corrected chi connectivity index (χ3v) is 6.58. The molecule has 3 aromatic rings. The first-order valence-electron chi connectivity index (χ1n) is 6.67. The van der Waals surface area contributed by atoms with E-state index < -0.39 is 0 Å². The van der Waals surface area contributed by atoms with Gasteiger partial charge in [0.15, 0.2) is 4.34 Å². The quantitative estimate of drug-likeness (QED) is 0.700. The second-order valence-corrected chi connectivity index (χ2v) is 8.57. The minimum absolute atomic E-state index is 0.00234. The summed E-state index contributed by atoms with van der Waals surface area (Å²) < 4.78 is 0.845. The lowest BCUT2D eigenvalue weighted by molar-refractivity contribution is 0.919. The van der Waals surface area contributed by atoms with Crippen LogP contribution in [0.1, 0.15) is 28.4 Å². The molecule has 0 aliphatic heterocycles. The Morgan fingerprint density at radius 3 is 2.73 bits per heavy atom. The fraction of sp³-hybridized carbons (Fsp3) is 0.385. The van der Waals surface area contributed by atoms with Crippen LogP contribution in [0.3, 0.4) is 0 Å². The van der Waals surface area contributed by atoms with Crippen LogP contribution >= 0.6 is 34.4 Å². The summed E-state index contributed by atoms with van der Waals surface area (Å²) in [4.78, 5) is 21.8. The largest absolute Gasteiger partial charge is 0.363 e. The summed E-state index contributed by atoms with van der Waals surface area (Å²) in [6.07, 6.45) is 0. The molecule has 0 spiro atoms. The Morgan fingerprint density at radius 2 is 2.05 bits per heavy atom.